The van der Waals surface area contributed by atoms with Gasteiger partial charge in [0, 0.05) is 16.1 Å². The minimum absolute atomic E-state index is 0.0323. The zero-order chi connectivity index (χ0) is 23.4. The van der Waals surface area contributed by atoms with E-state index in [4.69, 9.17) is 32.7 Å². The van der Waals surface area contributed by atoms with Crippen LogP contribution in [-0.2, 0) is 9.53 Å². The Hall–Kier alpha value is -2.74. The number of ether oxygens (including phenoxy) is 2. The number of aliphatic hydroxyl groups excluding tert-OH is 1. The van der Waals surface area contributed by atoms with Crippen LogP contribution in [0.1, 0.15) is 28.4 Å². The average Bonchev–Trinajstić information content (AvgIpc) is 3.03. The topological polar surface area (TPSA) is 85.2 Å². The number of methoxy groups -OCH3 is 1. The summed E-state index contributed by atoms with van der Waals surface area (Å²) in [4.78, 5) is 29.5. The Morgan fingerprint density at radius 3 is 2.50 bits per heavy atom. The van der Waals surface area contributed by atoms with E-state index in [1.807, 2.05) is 6.92 Å². The van der Waals surface area contributed by atoms with E-state index in [2.05, 4.69) is 4.99 Å². The Morgan fingerprint density at radius 1 is 1.19 bits per heavy atom. The fourth-order valence-electron chi connectivity index (χ4n) is 2.89. The van der Waals surface area contributed by atoms with E-state index >= 15 is 0 Å². The maximum absolute atomic E-state index is 12.7. The van der Waals surface area contributed by atoms with Crippen LogP contribution in [0.5, 0.6) is 5.75 Å². The van der Waals surface area contributed by atoms with Gasteiger partial charge < -0.3 is 14.6 Å². The minimum Gasteiger partial charge on any atom is -0.506 e. The van der Waals surface area contributed by atoms with Gasteiger partial charge in [-0.1, -0.05) is 52.7 Å². The van der Waals surface area contributed by atoms with Crippen LogP contribution >= 0.6 is 35.0 Å². The summed E-state index contributed by atoms with van der Waals surface area (Å²) in [6, 6.07) is 9.99. The molecule has 166 valence electrons. The summed E-state index contributed by atoms with van der Waals surface area (Å²) in [7, 11) is 1.45. The number of aliphatic imine (C=N–C) groups is 1. The van der Waals surface area contributed by atoms with Crippen molar-refractivity contribution in [1.29, 1.82) is 0 Å². The number of aryl methyl sites for hydroxylation is 1. The molecule has 1 amide bonds. The van der Waals surface area contributed by atoms with Crippen molar-refractivity contribution in [3.05, 3.63) is 79.4 Å². The second-order valence-corrected chi connectivity index (χ2v) is 8.53. The third-order valence-electron chi connectivity index (χ3n) is 4.40. The standard InChI is InChI=1S/C23H19Cl2NO5S/c1-4-31-23(29)18-19(27)17(10-14-9-15(24)11-16(25)20(14)30-3)32-22(18)26-21(28)13-7-5-12(2)6-8-13/h5-11,27H,4H2,1-3H3/b17-10+,26-22?. The molecule has 6 nitrogen and oxygen atoms in total. The normalized spacial score (nSPS) is 16.0. The maximum atomic E-state index is 12.7. The van der Waals surface area contributed by atoms with Crippen molar-refractivity contribution < 1.29 is 24.2 Å². The molecule has 0 spiro atoms. The summed E-state index contributed by atoms with van der Waals surface area (Å²) in [5, 5.41) is 11.5. The fraction of sp³-hybridized carbons (Fsp3) is 0.174. The number of halogens is 2. The molecule has 2 aromatic rings. The van der Waals surface area contributed by atoms with Crippen LogP contribution < -0.4 is 4.74 Å². The van der Waals surface area contributed by atoms with E-state index in [9.17, 15) is 14.7 Å². The highest BCUT2D eigenvalue weighted by Crippen LogP contribution is 2.42. The lowest BCUT2D eigenvalue weighted by Gasteiger charge is -2.08. The number of carbonyl (C=O) groups excluding carboxylic acids is 2. The molecule has 0 unspecified atom stereocenters. The van der Waals surface area contributed by atoms with Gasteiger partial charge in [-0.25, -0.2) is 9.79 Å². The van der Waals surface area contributed by atoms with Gasteiger partial charge in [-0.15, -0.1) is 0 Å². The molecule has 0 aliphatic carbocycles. The van der Waals surface area contributed by atoms with Crippen LogP contribution in [0.15, 0.2) is 57.6 Å². The number of hydrogen-bond acceptors (Lipinski definition) is 6. The molecule has 1 aliphatic heterocycles. The predicted octanol–water partition coefficient (Wildman–Crippen LogP) is 6.01. The van der Waals surface area contributed by atoms with Gasteiger partial charge in [0.1, 0.15) is 22.1 Å². The van der Waals surface area contributed by atoms with Gasteiger partial charge in [-0.3, -0.25) is 4.79 Å². The fourth-order valence-corrected chi connectivity index (χ4v) is 4.48. The van der Waals surface area contributed by atoms with Gasteiger partial charge >= 0.3 is 5.97 Å². The van der Waals surface area contributed by atoms with Crippen molar-refractivity contribution in [1.82, 2.24) is 0 Å². The number of hydrogen-bond donors (Lipinski definition) is 1. The van der Waals surface area contributed by atoms with Crippen molar-refractivity contribution in [2.45, 2.75) is 13.8 Å². The monoisotopic (exact) mass is 491 g/mol. The first-order valence-electron chi connectivity index (χ1n) is 9.48. The Morgan fingerprint density at radius 2 is 1.88 bits per heavy atom. The lowest BCUT2D eigenvalue weighted by atomic mass is 10.1. The first-order valence-corrected chi connectivity index (χ1v) is 11.1. The maximum Gasteiger partial charge on any atom is 0.344 e. The average molecular weight is 492 g/mol. The summed E-state index contributed by atoms with van der Waals surface area (Å²) in [5.41, 5.74) is 1.64. The van der Waals surface area contributed by atoms with Crippen LogP contribution in [0.3, 0.4) is 0 Å². The zero-order valence-corrected chi connectivity index (χ0v) is 19.8. The smallest absolute Gasteiger partial charge is 0.344 e. The van der Waals surface area contributed by atoms with Crippen molar-refractivity contribution in [2.24, 2.45) is 4.99 Å². The minimum atomic E-state index is -0.785. The lowest BCUT2D eigenvalue weighted by Crippen LogP contribution is -2.14. The van der Waals surface area contributed by atoms with Crippen LogP contribution in [-0.4, -0.2) is 35.7 Å². The number of esters is 1. The Labute approximate surface area is 199 Å². The highest BCUT2D eigenvalue weighted by Gasteiger charge is 2.34. The van der Waals surface area contributed by atoms with Crippen LogP contribution in [0.2, 0.25) is 10.0 Å². The summed E-state index contributed by atoms with van der Waals surface area (Å²) >= 11 is 13.3. The second kappa shape index (κ2) is 10.3. The molecule has 0 saturated carbocycles. The van der Waals surface area contributed by atoms with Gasteiger partial charge in [0.25, 0.3) is 5.91 Å². The molecule has 32 heavy (non-hydrogen) atoms. The van der Waals surface area contributed by atoms with Crippen LogP contribution in [0, 0.1) is 6.92 Å². The van der Waals surface area contributed by atoms with E-state index in [1.54, 1.807) is 43.3 Å². The van der Waals surface area contributed by atoms with Crippen molar-refractivity contribution in [3.8, 4) is 5.75 Å². The highest BCUT2D eigenvalue weighted by atomic mass is 35.5. The molecule has 0 fully saturated rings. The van der Waals surface area contributed by atoms with Gasteiger partial charge in [0.05, 0.1) is 23.6 Å². The number of nitrogens with zero attached hydrogens (tertiary/aromatic N) is 1. The number of amides is 1. The first-order chi connectivity index (χ1) is 15.2. The van der Waals surface area contributed by atoms with Gasteiger partial charge in [0.15, 0.2) is 0 Å². The third-order valence-corrected chi connectivity index (χ3v) is 5.92. The molecule has 0 saturated heterocycles. The van der Waals surface area contributed by atoms with Crippen molar-refractivity contribution in [3.63, 3.8) is 0 Å². The van der Waals surface area contributed by atoms with Crippen LogP contribution in [0.4, 0.5) is 0 Å². The first kappa shape index (κ1) is 23.9. The van der Waals surface area contributed by atoms with Gasteiger partial charge in [-0.2, -0.15) is 0 Å². The van der Waals surface area contributed by atoms with Gasteiger partial charge in [0.2, 0.25) is 0 Å². The summed E-state index contributed by atoms with van der Waals surface area (Å²) in [6.07, 6.45) is 1.55. The predicted molar refractivity (Wildman–Crippen MR) is 128 cm³/mol. The third kappa shape index (κ3) is 5.18. The van der Waals surface area contributed by atoms with E-state index in [1.165, 1.54) is 13.2 Å². The Balaban J connectivity index is 2.08. The van der Waals surface area contributed by atoms with E-state index in [-0.39, 0.29) is 32.9 Å². The molecule has 0 atom stereocenters. The molecule has 1 aliphatic rings. The number of aliphatic hydroxyl groups is 1. The highest BCUT2D eigenvalue weighted by molar-refractivity contribution is 8.18. The quantitative estimate of drug-likeness (QED) is 0.515. The second-order valence-electron chi connectivity index (χ2n) is 6.65. The number of thioether (sulfide) groups is 1. The molecule has 3 rings (SSSR count). The van der Waals surface area contributed by atoms with Crippen molar-refractivity contribution >= 4 is 58.0 Å². The van der Waals surface area contributed by atoms with E-state index in [0.717, 1.165) is 17.3 Å². The number of carbonyl (C=O) groups is 2. The van der Waals surface area contributed by atoms with Crippen LogP contribution in [0.25, 0.3) is 6.08 Å². The molecule has 1 heterocycles. The Bertz CT molecular complexity index is 1170. The summed E-state index contributed by atoms with van der Waals surface area (Å²) in [6.45, 7) is 3.64. The van der Waals surface area contributed by atoms with Crippen molar-refractivity contribution in [2.75, 3.05) is 13.7 Å². The van der Waals surface area contributed by atoms with E-state index in [0.29, 0.717) is 21.9 Å². The molecular formula is C23H19Cl2NO5S. The number of benzene rings is 2. The summed E-state index contributed by atoms with van der Waals surface area (Å²) in [5.74, 6) is -1.35. The summed E-state index contributed by atoms with van der Waals surface area (Å²) < 4.78 is 10.4. The SMILES string of the molecule is CCOC(=O)C1=C(O)/C(=C\c2cc(Cl)cc(Cl)c2OC)SC1=NC(=O)c1ccc(C)cc1. The Kier molecular flexibility index (Phi) is 7.66. The van der Waals surface area contributed by atoms with Gasteiger partial charge in [-0.05, 0) is 44.2 Å². The molecule has 1 N–H and O–H groups in total. The molecule has 9 heteroatoms. The molecule has 0 aromatic heterocycles. The van der Waals surface area contributed by atoms with E-state index < -0.39 is 11.9 Å². The molecule has 2 aromatic carbocycles. The lowest BCUT2D eigenvalue weighted by molar-refractivity contribution is -0.138. The largest absolute Gasteiger partial charge is 0.506 e. The molecular weight excluding hydrogens is 473 g/mol. The number of rotatable bonds is 5. The molecule has 0 radical (unpaired) electrons. The zero-order valence-electron chi connectivity index (χ0n) is 17.4. The molecule has 0 bridgehead atoms.